The van der Waals surface area contributed by atoms with E-state index >= 15 is 0 Å². The average Bonchev–Trinajstić information content (AvgIpc) is 3.10. The summed E-state index contributed by atoms with van der Waals surface area (Å²) in [4.78, 5) is 0.997. The number of hydrogen-bond acceptors (Lipinski definition) is 7. The number of ether oxygens (including phenoxy) is 3. The van der Waals surface area contributed by atoms with E-state index in [-0.39, 0.29) is 0 Å². The van der Waals surface area contributed by atoms with E-state index in [9.17, 15) is 0 Å². The fourth-order valence-corrected chi connectivity index (χ4v) is 3.07. The summed E-state index contributed by atoms with van der Waals surface area (Å²) in [6.45, 7) is 0. The van der Waals surface area contributed by atoms with Crippen LogP contribution in [0.1, 0.15) is 0 Å². The van der Waals surface area contributed by atoms with E-state index in [1.807, 2.05) is 24.4 Å². The SMILES string of the molecule is COc1cc(-c2sncc2-c2ccnnc2)cc(OC)c1OC. The van der Waals surface area contributed by atoms with E-state index < -0.39 is 0 Å². The van der Waals surface area contributed by atoms with Gasteiger partial charge >= 0.3 is 0 Å². The molecule has 0 fully saturated rings. The highest BCUT2D eigenvalue weighted by Gasteiger charge is 2.17. The second-order valence-corrected chi connectivity index (χ2v) is 5.42. The largest absolute Gasteiger partial charge is 0.493 e. The fourth-order valence-electron chi connectivity index (χ4n) is 2.32. The zero-order chi connectivity index (χ0) is 16.2. The van der Waals surface area contributed by atoms with Gasteiger partial charge in [-0.15, -0.1) is 0 Å². The van der Waals surface area contributed by atoms with Crippen molar-refractivity contribution < 1.29 is 14.2 Å². The quantitative estimate of drug-likeness (QED) is 0.715. The van der Waals surface area contributed by atoms with Crippen molar-refractivity contribution >= 4 is 11.5 Å². The van der Waals surface area contributed by atoms with E-state index in [1.54, 1.807) is 33.7 Å². The van der Waals surface area contributed by atoms with Crippen molar-refractivity contribution in [2.45, 2.75) is 0 Å². The Morgan fingerprint density at radius 2 is 1.61 bits per heavy atom. The summed E-state index contributed by atoms with van der Waals surface area (Å²) in [7, 11) is 4.78. The zero-order valence-corrected chi connectivity index (χ0v) is 13.8. The van der Waals surface area contributed by atoms with Gasteiger partial charge in [0, 0.05) is 22.9 Å². The van der Waals surface area contributed by atoms with Gasteiger partial charge in [-0.2, -0.15) is 14.6 Å². The second-order valence-electron chi connectivity index (χ2n) is 4.61. The van der Waals surface area contributed by atoms with Crippen molar-refractivity contribution in [1.82, 2.24) is 14.6 Å². The topological polar surface area (TPSA) is 66.4 Å². The van der Waals surface area contributed by atoms with Crippen molar-refractivity contribution in [3.8, 4) is 38.8 Å². The molecule has 0 atom stereocenters. The van der Waals surface area contributed by atoms with E-state index in [2.05, 4.69) is 14.6 Å². The molecule has 6 nitrogen and oxygen atoms in total. The molecule has 0 amide bonds. The van der Waals surface area contributed by atoms with Gasteiger partial charge in [0.1, 0.15) is 0 Å². The molecule has 2 heterocycles. The molecule has 0 aliphatic carbocycles. The predicted octanol–water partition coefficient (Wildman–Crippen LogP) is 3.29. The maximum absolute atomic E-state index is 5.42. The first-order valence-electron chi connectivity index (χ1n) is 6.80. The lowest BCUT2D eigenvalue weighted by Crippen LogP contribution is -1.95. The molecular weight excluding hydrogens is 314 g/mol. The molecule has 0 aliphatic heterocycles. The Balaban J connectivity index is 2.15. The van der Waals surface area contributed by atoms with Gasteiger partial charge in [-0.25, -0.2) is 0 Å². The Labute approximate surface area is 137 Å². The normalized spacial score (nSPS) is 10.4. The smallest absolute Gasteiger partial charge is 0.203 e. The second kappa shape index (κ2) is 6.62. The predicted molar refractivity (Wildman–Crippen MR) is 88.2 cm³/mol. The van der Waals surface area contributed by atoms with Gasteiger partial charge in [-0.3, -0.25) is 0 Å². The zero-order valence-electron chi connectivity index (χ0n) is 12.9. The van der Waals surface area contributed by atoms with Crippen molar-refractivity contribution in [1.29, 1.82) is 0 Å². The molecule has 0 unspecified atom stereocenters. The standard InChI is InChI=1S/C16H15N3O3S/c1-20-13-6-11(7-14(21-2)15(13)22-3)16-12(9-19-23-16)10-4-5-17-18-8-10/h4-9H,1-3H3. The molecule has 3 rings (SSSR count). The maximum Gasteiger partial charge on any atom is 0.203 e. The van der Waals surface area contributed by atoms with Crippen LogP contribution in [0.2, 0.25) is 0 Å². The molecule has 0 spiro atoms. The first kappa shape index (κ1) is 15.2. The first-order valence-corrected chi connectivity index (χ1v) is 7.58. The summed E-state index contributed by atoms with van der Waals surface area (Å²) in [5.74, 6) is 1.78. The van der Waals surface area contributed by atoms with E-state index in [4.69, 9.17) is 14.2 Å². The molecule has 0 N–H and O–H groups in total. The Kier molecular flexibility index (Phi) is 4.38. The van der Waals surface area contributed by atoms with Crippen LogP contribution in [0.5, 0.6) is 17.2 Å². The van der Waals surface area contributed by atoms with Crippen LogP contribution in [-0.4, -0.2) is 35.9 Å². The van der Waals surface area contributed by atoms with Gasteiger partial charge < -0.3 is 14.2 Å². The fraction of sp³-hybridized carbons (Fsp3) is 0.188. The van der Waals surface area contributed by atoms with Crippen molar-refractivity contribution in [3.05, 3.63) is 36.8 Å². The van der Waals surface area contributed by atoms with E-state index in [1.165, 1.54) is 11.5 Å². The first-order chi connectivity index (χ1) is 11.3. The third-order valence-corrected chi connectivity index (χ3v) is 4.24. The van der Waals surface area contributed by atoms with Crippen LogP contribution in [0.25, 0.3) is 21.6 Å². The highest BCUT2D eigenvalue weighted by molar-refractivity contribution is 7.10. The van der Waals surface area contributed by atoms with Gasteiger partial charge in [0.15, 0.2) is 11.5 Å². The molecule has 0 radical (unpaired) electrons. The molecule has 0 aliphatic rings. The molecule has 7 heteroatoms. The summed E-state index contributed by atoms with van der Waals surface area (Å²) in [5, 5.41) is 7.74. The molecule has 1 aromatic carbocycles. The van der Waals surface area contributed by atoms with Crippen LogP contribution >= 0.6 is 11.5 Å². The molecule has 3 aromatic rings. The average molecular weight is 329 g/mol. The van der Waals surface area contributed by atoms with Crippen molar-refractivity contribution in [3.63, 3.8) is 0 Å². The molecule has 0 bridgehead atoms. The molecule has 0 saturated carbocycles. The number of aromatic nitrogens is 3. The Morgan fingerprint density at radius 3 is 2.17 bits per heavy atom. The Hall–Kier alpha value is -2.67. The minimum atomic E-state index is 0.565. The minimum Gasteiger partial charge on any atom is -0.493 e. The highest BCUT2D eigenvalue weighted by atomic mass is 32.1. The minimum absolute atomic E-state index is 0.565. The van der Waals surface area contributed by atoms with Crippen LogP contribution in [0.3, 0.4) is 0 Å². The molecule has 0 saturated heterocycles. The summed E-state index contributed by atoms with van der Waals surface area (Å²) in [6.07, 6.45) is 5.19. The van der Waals surface area contributed by atoms with Crippen LogP contribution < -0.4 is 14.2 Å². The van der Waals surface area contributed by atoms with Gasteiger partial charge in [0.2, 0.25) is 5.75 Å². The van der Waals surface area contributed by atoms with Crippen LogP contribution in [-0.2, 0) is 0 Å². The van der Waals surface area contributed by atoms with Gasteiger partial charge in [-0.1, -0.05) is 0 Å². The number of rotatable bonds is 5. The lowest BCUT2D eigenvalue weighted by atomic mass is 10.0. The van der Waals surface area contributed by atoms with E-state index in [0.29, 0.717) is 17.2 Å². The summed E-state index contributed by atoms with van der Waals surface area (Å²) in [6, 6.07) is 5.72. The number of methoxy groups -OCH3 is 3. The van der Waals surface area contributed by atoms with Gasteiger partial charge in [0.05, 0.1) is 38.6 Å². The Morgan fingerprint density at radius 1 is 0.870 bits per heavy atom. The monoisotopic (exact) mass is 329 g/mol. The van der Waals surface area contributed by atoms with Crippen LogP contribution in [0, 0.1) is 0 Å². The molecular formula is C16H15N3O3S. The number of nitrogens with zero attached hydrogens (tertiary/aromatic N) is 3. The maximum atomic E-state index is 5.42. The highest BCUT2D eigenvalue weighted by Crippen LogP contribution is 2.44. The molecule has 118 valence electrons. The summed E-state index contributed by atoms with van der Waals surface area (Å²) < 4.78 is 20.5. The lowest BCUT2D eigenvalue weighted by molar-refractivity contribution is 0.324. The number of hydrogen-bond donors (Lipinski definition) is 0. The third kappa shape index (κ3) is 2.83. The Bertz CT molecular complexity index is 780. The lowest BCUT2D eigenvalue weighted by Gasteiger charge is -2.14. The number of benzene rings is 1. The van der Waals surface area contributed by atoms with E-state index in [0.717, 1.165) is 21.6 Å². The molecule has 2 aromatic heterocycles. The van der Waals surface area contributed by atoms with Crippen molar-refractivity contribution in [2.24, 2.45) is 0 Å². The summed E-state index contributed by atoms with van der Waals surface area (Å²) >= 11 is 1.40. The van der Waals surface area contributed by atoms with Crippen LogP contribution in [0.15, 0.2) is 36.8 Å². The third-order valence-electron chi connectivity index (χ3n) is 3.39. The van der Waals surface area contributed by atoms with Gasteiger partial charge in [-0.05, 0) is 29.7 Å². The van der Waals surface area contributed by atoms with Gasteiger partial charge in [0.25, 0.3) is 0 Å². The molecule has 23 heavy (non-hydrogen) atoms. The van der Waals surface area contributed by atoms with Crippen LogP contribution in [0.4, 0.5) is 0 Å². The van der Waals surface area contributed by atoms with Crippen molar-refractivity contribution in [2.75, 3.05) is 21.3 Å². The summed E-state index contributed by atoms with van der Waals surface area (Å²) in [5.41, 5.74) is 2.88.